The van der Waals surface area contributed by atoms with Crippen LogP contribution < -0.4 is 0 Å². The first kappa shape index (κ1) is 16.7. The van der Waals surface area contributed by atoms with Crippen molar-refractivity contribution in [3.8, 4) is 0 Å². The van der Waals surface area contributed by atoms with Gasteiger partial charge >= 0.3 is 0 Å². The summed E-state index contributed by atoms with van der Waals surface area (Å²) in [5, 5.41) is 3.98. The quantitative estimate of drug-likeness (QED) is 0.841. The molecule has 7 heteroatoms. The fourth-order valence-corrected chi connectivity index (χ4v) is 3.28. The van der Waals surface area contributed by atoms with Gasteiger partial charge in [-0.3, -0.25) is 4.79 Å². The Morgan fingerprint density at radius 1 is 1.42 bits per heavy atom. The van der Waals surface area contributed by atoms with Crippen LogP contribution in [0.3, 0.4) is 0 Å². The Morgan fingerprint density at radius 3 is 3.00 bits per heavy atom. The predicted octanol–water partition coefficient (Wildman–Crippen LogP) is 2.32. The minimum atomic E-state index is -0.0703. The molecule has 24 heavy (non-hydrogen) atoms. The number of carbonyl (C=O) groups is 1. The molecule has 0 N–H and O–H groups in total. The van der Waals surface area contributed by atoms with E-state index in [1.165, 1.54) is 0 Å². The summed E-state index contributed by atoms with van der Waals surface area (Å²) < 4.78 is 7.41. The third kappa shape index (κ3) is 3.36. The zero-order valence-corrected chi connectivity index (χ0v) is 14.6. The molecule has 0 aliphatic carbocycles. The van der Waals surface area contributed by atoms with E-state index >= 15 is 0 Å². The van der Waals surface area contributed by atoms with Crippen molar-refractivity contribution in [2.24, 2.45) is 0 Å². The predicted molar refractivity (Wildman–Crippen MR) is 89.4 cm³/mol. The van der Waals surface area contributed by atoms with Gasteiger partial charge in [0.15, 0.2) is 11.5 Å². The Bertz CT molecular complexity index is 691. The maximum Gasteiger partial charge on any atom is 0.276 e. The smallest absolute Gasteiger partial charge is 0.276 e. The van der Waals surface area contributed by atoms with Crippen molar-refractivity contribution in [2.45, 2.75) is 45.3 Å². The number of hydrogen-bond acceptors (Lipinski definition) is 5. The lowest BCUT2D eigenvalue weighted by atomic mass is 10.0. The van der Waals surface area contributed by atoms with Gasteiger partial charge in [-0.05, 0) is 40.3 Å². The second-order valence-corrected chi connectivity index (χ2v) is 6.50. The lowest BCUT2D eigenvalue weighted by Gasteiger charge is -2.35. The summed E-state index contributed by atoms with van der Waals surface area (Å²) in [6, 6.07) is 1.76. The Morgan fingerprint density at radius 2 is 2.25 bits per heavy atom. The van der Waals surface area contributed by atoms with Gasteiger partial charge in [0.1, 0.15) is 5.82 Å². The molecular formula is C17H25N5O2. The van der Waals surface area contributed by atoms with Crippen molar-refractivity contribution < 1.29 is 9.32 Å². The van der Waals surface area contributed by atoms with Gasteiger partial charge in [0.05, 0.1) is 12.6 Å². The van der Waals surface area contributed by atoms with Gasteiger partial charge in [0.25, 0.3) is 5.91 Å². The molecule has 3 rings (SSSR count). The molecule has 2 aromatic heterocycles. The van der Waals surface area contributed by atoms with E-state index in [0.29, 0.717) is 18.0 Å². The number of imidazole rings is 1. The molecule has 1 atom stereocenters. The summed E-state index contributed by atoms with van der Waals surface area (Å²) in [5.74, 6) is 1.59. The van der Waals surface area contributed by atoms with Crippen LogP contribution in [0.1, 0.15) is 54.3 Å². The molecule has 1 amide bonds. The van der Waals surface area contributed by atoms with Crippen LogP contribution in [0.5, 0.6) is 0 Å². The van der Waals surface area contributed by atoms with E-state index in [-0.39, 0.29) is 11.9 Å². The van der Waals surface area contributed by atoms with Crippen LogP contribution in [-0.2, 0) is 13.1 Å². The fourth-order valence-electron chi connectivity index (χ4n) is 3.28. The first-order valence-electron chi connectivity index (χ1n) is 8.52. The molecule has 2 aromatic rings. The van der Waals surface area contributed by atoms with E-state index in [9.17, 15) is 4.79 Å². The lowest BCUT2D eigenvalue weighted by molar-refractivity contribution is 0.0584. The van der Waals surface area contributed by atoms with E-state index in [1.807, 2.05) is 30.1 Å². The minimum absolute atomic E-state index is 0.00944. The van der Waals surface area contributed by atoms with Gasteiger partial charge in [0.2, 0.25) is 0 Å². The number of carbonyl (C=O) groups excluding carboxylic acids is 1. The highest BCUT2D eigenvalue weighted by molar-refractivity contribution is 5.92. The van der Waals surface area contributed by atoms with E-state index in [0.717, 1.165) is 38.2 Å². The van der Waals surface area contributed by atoms with Crippen LogP contribution in [-0.4, -0.2) is 51.1 Å². The average molecular weight is 331 g/mol. The van der Waals surface area contributed by atoms with Gasteiger partial charge in [0, 0.05) is 31.5 Å². The number of amides is 1. The van der Waals surface area contributed by atoms with Crippen LogP contribution in [0.15, 0.2) is 23.0 Å². The Balaban J connectivity index is 1.82. The summed E-state index contributed by atoms with van der Waals surface area (Å²) in [6.45, 7) is 4.30. The molecular weight excluding hydrogens is 306 g/mol. The molecule has 130 valence electrons. The monoisotopic (exact) mass is 331 g/mol. The van der Waals surface area contributed by atoms with Gasteiger partial charge in [-0.2, -0.15) is 0 Å². The van der Waals surface area contributed by atoms with E-state index in [4.69, 9.17) is 4.52 Å². The molecule has 3 heterocycles. The Kier molecular flexibility index (Phi) is 4.99. The molecule has 0 bridgehead atoms. The van der Waals surface area contributed by atoms with E-state index in [1.54, 1.807) is 12.3 Å². The summed E-state index contributed by atoms with van der Waals surface area (Å²) in [4.78, 5) is 21.3. The Labute approximate surface area is 142 Å². The summed E-state index contributed by atoms with van der Waals surface area (Å²) >= 11 is 0. The topological polar surface area (TPSA) is 67.4 Å². The number of aromatic nitrogens is 3. The summed E-state index contributed by atoms with van der Waals surface area (Å²) in [7, 11) is 3.91. The standard InChI is InChI=1S/C17H25N5O2/c1-4-21-10-8-18-16(21)15-7-5-6-9-22(15)17(23)14-11-13(24-19-14)12-20(2)3/h8,10-11,15H,4-7,9,12H2,1-3H3. The summed E-state index contributed by atoms with van der Waals surface area (Å²) in [5.41, 5.74) is 0.383. The number of hydrogen-bond donors (Lipinski definition) is 0. The average Bonchev–Trinajstić information content (AvgIpc) is 3.22. The number of likely N-dealkylation sites (tertiary alicyclic amines) is 1. The second-order valence-electron chi connectivity index (χ2n) is 6.50. The third-order valence-electron chi connectivity index (χ3n) is 4.40. The van der Waals surface area contributed by atoms with Gasteiger partial charge in [-0.1, -0.05) is 5.16 Å². The zero-order valence-electron chi connectivity index (χ0n) is 14.6. The number of piperidine rings is 1. The van der Waals surface area contributed by atoms with Crippen LogP contribution in [0, 0.1) is 0 Å². The summed E-state index contributed by atoms with van der Waals surface area (Å²) in [6.07, 6.45) is 6.83. The van der Waals surface area contributed by atoms with Crippen molar-refractivity contribution in [1.82, 2.24) is 24.5 Å². The van der Waals surface area contributed by atoms with Crippen LogP contribution in [0.4, 0.5) is 0 Å². The molecule has 0 aromatic carbocycles. The van der Waals surface area contributed by atoms with Crippen molar-refractivity contribution in [2.75, 3.05) is 20.6 Å². The molecule has 1 unspecified atom stereocenters. The molecule has 7 nitrogen and oxygen atoms in total. The number of nitrogens with zero attached hydrogens (tertiary/aromatic N) is 5. The first-order valence-corrected chi connectivity index (χ1v) is 8.52. The number of aryl methyl sites for hydroxylation is 1. The largest absolute Gasteiger partial charge is 0.359 e. The second kappa shape index (κ2) is 7.17. The lowest BCUT2D eigenvalue weighted by Crippen LogP contribution is -2.39. The van der Waals surface area contributed by atoms with Crippen LogP contribution >= 0.6 is 0 Å². The molecule has 0 spiro atoms. The normalized spacial score (nSPS) is 18.3. The zero-order chi connectivity index (χ0) is 17.1. The van der Waals surface area contributed by atoms with Crippen LogP contribution in [0.2, 0.25) is 0 Å². The van der Waals surface area contributed by atoms with E-state index in [2.05, 4.69) is 21.6 Å². The first-order chi connectivity index (χ1) is 11.6. The van der Waals surface area contributed by atoms with Crippen molar-refractivity contribution in [1.29, 1.82) is 0 Å². The highest BCUT2D eigenvalue weighted by Crippen LogP contribution is 2.31. The SMILES string of the molecule is CCn1ccnc1C1CCCCN1C(=O)c1cc(CN(C)C)on1. The fraction of sp³-hybridized carbons (Fsp3) is 0.588. The van der Waals surface area contributed by atoms with Gasteiger partial charge < -0.3 is 18.9 Å². The van der Waals surface area contributed by atoms with Crippen LogP contribution in [0.25, 0.3) is 0 Å². The molecule has 1 fully saturated rings. The molecule has 1 saturated heterocycles. The van der Waals surface area contributed by atoms with Gasteiger partial charge in [-0.25, -0.2) is 4.98 Å². The highest BCUT2D eigenvalue weighted by Gasteiger charge is 2.32. The molecule has 0 saturated carbocycles. The highest BCUT2D eigenvalue weighted by atomic mass is 16.5. The molecule has 1 aliphatic heterocycles. The molecule has 0 radical (unpaired) electrons. The Hall–Kier alpha value is -2.15. The molecule has 1 aliphatic rings. The maximum absolute atomic E-state index is 13.0. The van der Waals surface area contributed by atoms with Crippen molar-refractivity contribution >= 4 is 5.91 Å². The maximum atomic E-state index is 13.0. The van der Waals surface area contributed by atoms with Crippen molar-refractivity contribution in [3.05, 3.63) is 35.7 Å². The van der Waals surface area contributed by atoms with Crippen molar-refractivity contribution in [3.63, 3.8) is 0 Å². The number of rotatable bonds is 5. The third-order valence-corrected chi connectivity index (χ3v) is 4.40. The van der Waals surface area contributed by atoms with E-state index < -0.39 is 0 Å². The van der Waals surface area contributed by atoms with Gasteiger partial charge in [-0.15, -0.1) is 0 Å². The minimum Gasteiger partial charge on any atom is -0.359 e.